The summed E-state index contributed by atoms with van der Waals surface area (Å²) in [6.07, 6.45) is 3.70. The number of piperidine rings is 1. The van der Waals surface area contributed by atoms with E-state index in [-0.39, 0.29) is 10.8 Å². The minimum absolute atomic E-state index is 0.141. The fourth-order valence-electron chi connectivity index (χ4n) is 3.14. The lowest BCUT2D eigenvalue weighted by Gasteiger charge is -2.26. The second-order valence-corrected chi connectivity index (χ2v) is 8.54. The van der Waals surface area contributed by atoms with Crippen LogP contribution < -0.4 is 4.31 Å². The Hall–Kier alpha value is -2.34. The lowest BCUT2D eigenvalue weighted by molar-refractivity contribution is -0.131. The van der Waals surface area contributed by atoms with Gasteiger partial charge in [0.05, 0.1) is 17.0 Å². The molecule has 0 spiro atoms. The first-order chi connectivity index (χ1) is 12.5. The van der Waals surface area contributed by atoms with Crippen molar-refractivity contribution >= 4 is 21.6 Å². The van der Waals surface area contributed by atoms with Gasteiger partial charge in [-0.1, -0.05) is 30.3 Å². The third-order valence-electron chi connectivity index (χ3n) is 4.77. The van der Waals surface area contributed by atoms with Gasteiger partial charge in [-0.25, -0.2) is 8.42 Å². The van der Waals surface area contributed by atoms with Crippen molar-refractivity contribution in [2.75, 3.05) is 24.4 Å². The standard InChI is InChI=1S/C20H24N2O3S/c1-21(26(24,25)19-8-4-2-5-9-19)18-12-10-17(11-13-18)16-20(23)22-14-6-3-7-15-22/h2,4-5,8-13H,3,6-7,14-16H2,1H3. The monoisotopic (exact) mass is 372 g/mol. The molecule has 1 saturated heterocycles. The second kappa shape index (κ2) is 7.91. The predicted molar refractivity (Wildman–Crippen MR) is 103 cm³/mol. The maximum atomic E-state index is 12.7. The molecular formula is C20H24N2O3S. The Kier molecular flexibility index (Phi) is 5.61. The van der Waals surface area contributed by atoms with Crippen LogP contribution in [-0.2, 0) is 21.2 Å². The molecule has 0 N–H and O–H groups in total. The molecule has 0 atom stereocenters. The molecular weight excluding hydrogens is 348 g/mol. The summed E-state index contributed by atoms with van der Waals surface area (Å²) in [7, 11) is -2.05. The van der Waals surface area contributed by atoms with Crippen molar-refractivity contribution in [3.8, 4) is 0 Å². The van der Waals surface area contributed by atoms with Crippen LogP contribution in [-0.4, -0.2) is 39.4 Å². The third kappa shape index (κ3) is 4.07. The van der Waals surface area contributed by atoms with E-state index in [1.54, 1.807) is 42.5 Å². The van der Waals surface area contributed by atoms with Crippen LogP contribution in [0.3, 0.4) is 0 Å². The van der Waals surface area contributed by atoms with Gasteiger partial charge in [0.2, 0.25) is 5.91 Å². The average Bonchev–Trinajstić information content (AvgIpc) is 2.69. The first-order valence-corrected chi connectivity index (χ1v) is 10.3. The van der Waals surface area contributed by atoms with E-state index in [4.69, 9.17) is 0 Å². The summed E-state index contributed by atoms with van der Waals surface area (Å²) in [6, 6.07) is 15.5. The van der Waals surface area contributed by atoms with Gasteiger partial charge in [-0.3, -0.25) is 9.10 Å². The third-order valence-corrected chi connectivity index (χ3v) is 6.57. The molecule has 0 aromatic heterocycles. The molecule has 1 aliphatic heterocycles. The largest absolute Gasteiger partial charge is 0.342 e. The number of amides is 1. The molecule has 26 heavy (non-hydrogen) atoms. The molecule has 3 rings (SSSR count). The number of carbonyl (C=O) groups excluding carboxylic acids is 1. The number of carbonyl (C=O) groups is 1. The molecule has 1 aliphatic rings. The fourth-order valence-corrected chi connectivity index (χ4v) is 4.36. The van der Waals surface area contributed by atoms with Crippen molar-refractivity contribution in [2.45, 2.75) is 30.6 Å². The van der Waals surface area contributed by atoms with Crippen LogP contribution in [0, 0.1) is 0 Å². The number of hydrogen-bond donors (Lipinski definition) is 0. The molecule has 1 heterocycles. The Labute approximate surface area is 155 Å². The van der Waals surface area contributed by atoms with E-state index in [2.05, 4.69) is 0 Å². The summed E-state index contributed by atoms with van der Waals surface area (Å²) >= 11 is 0. The number of hydrogen-bond acceptors (Lipinski definition) is 3. The van der Waals surface area contributed by atoms with Crippen LogP contribution in [0.4, 0.5) is 5.69 Å². The van der Waals surface area contributed by atoms with E-state index >= 15 is 0 Å². The topological polar surface area (TPSA) is 57.7 Å². The van der Waals surface area contributed by atoms with Crippen LogP contribution in [0.15, 0.2) is 59.5 Å². The lowest BCUT2D eigenvalue weighted by Crippen LogP contribution is -2.36. The van der Waals surface area contributed by atoms with E-state index in [9.17, 15) is 13.2 Å². The van der Waals surface area contributed by atoms with Gasteiger partial charge in [0.25, 0.3) is 10.0 Å². The van der Waals surface area contributed by atoms with Crippen LogP contribution >= 0.6 is 0 Å². The molecule has 138 valence electrons. The Bertz CT molecular complexity index is 842. The van der Waals surface area contributed by atoms with E-state index in [0.29, 0.717) is 12.1 Å². The molecule has 1 fully saturated rings. The van der Waals surface area contributed by atoms with Crippen LogP contribution in [0.5, 0.6) is 0 Å². The molecule has 2 aromatic rings. The van der Waals surface area contributed by atoms with Gasteiger partial charge in [-0.2, -0.15) is 0 Å². The Morgan fingerprint density at radius 1 is 0.962 bits per heavy atom. The summed E-state index contributed by atoms with van der Waals surface area (Å²) in [4.78, 5) is 14.5. The molecule has 0 radical (unpaired) electrons. The highest BCUT2D eigenvalue weighted by molar-refractivity contribution is 7.92. The number of nitrogens with zero attached hydrogens (tertiary/aromatic N) is 2. The van der Waals surface area contributed by atoms with Gasteiger partial charge in [0.15, 0.2) is 0 Å². The minimum Gasteiger partial charge on any atom is -0.342 e. The molecule has 0 unspecified atom stereocenters. The van der Waals surface area contributed by atoms with Crippen molar-refractivity contribution in [1.29, 1.82) is 0 Å². The van der Waals surface area contributed by atoms with E-state index in [0.717, 1.165) is 31.5 Å². The number of anilines is 1. The van der Waals surface area contributed by atoms with Gasteiger partial charge < -0.3 is 4.90 Å². The fraction of sp³-hybridized carbons (Fsp3) is 0.350. The van der Waals surface area contributed by atoms with Crippen molar-refractivity contribution < 1.29 is 13.2 Å². The smallest absolute Gasteiger partial charge is 0.264 e. The first-order valence-electron chi connectivity index (χ1n) is 8.89. The maximum absolute atomic E-state index is 12.7. The van der Waals surface area contributed by atoms with E-state index in [1.165, 1.54) is 17.8 Å². The molecule has 5 nitrogen and oxygen atoms in total. The zero-order valence-electron chi connectivity index (χ0n) is 15.0. The number of sulfonamides is 1. The van der Waals surface area contributed by atoms with Gasteiger partial charge in [0, 0.05) is 20.1 Å². The zero-order chi connectivity index (χ0) is 18.6. The molecule has 0 saturated carbocycles. The summed E-state index contributed by atoms with van der Waals surface area (Å²) in [5.74, 6) is 0.141. The highest BCUT2D eigenvalue weighted by atomic mass is 32.2. The summed E-state index contributed by atoms with van der Waals surface area (Å²) in [6.45, 7) is 1.68. The SMILES string of the molecule is CN(c1ccc(CC(=O)N2CCCCC2)cc1)S(=O)(=O)c1ccccc1. The molecule has 0 bridgehead atoms. The van der Waals surface area contributed by atoms with Crippen LogP contribution in [0.25, 0.3) is 0 Å². The van der Waals surface area contributed by atoms with E-state index < -0.39 is 10.0 Å². The van der Waals surface area contributed by atoms with Gasteiger partial charge in [-0.05, 0) is 49.1 Å². The highest BCUT2D eigenvalue weighted by Crippen LogP contribution is 2.22. The lowest BCUT2D eigenvalue weighted by atomic mass is 10.1. The number of benzene rings is 2. The van der Waals surface area contributed by atoms with E-state index in [1.807, 2.05) is 17.0 Å². The van der Waals surface area contributed by atoms with Crippen LogP contribution in [0.1, 0.15) is 24.8 Å². The summed E-state index contributed by atoms with van der Waals surface area (Å²) < 4.78 is 26.6. The quantitative estimate of drug-likeness (QED) is 0.810. The van der Waals surface area contributed by atoms with Gasteiger partial charge in [-0.15, -0.1) is 0 Å². The predicted octanol–water partition coefficient (Wildman–Crippen LogP) is 3.07. The Balaban J connectivity index is 1.70. The molecule has 1 amide bonds. The normalized spacial score (nSPS) is 14.9. The molecule has 0 aliphatic carbocycles. The molecule has 6 heteroatoms. The maximum Gasteiger partial charge on any atom is 0.264 e. The van der Waals surface area contributed by atoms with Crippen molar-refractivity contribution in [1.82, 2.24) is 4.90 Å². The second-order valence-electron chi connectivity index (χ2n) is 6.57. The average molecular weight is 372 g/mol. The van der Waals surface area contributed by atoms with Crippen molar-refractivity contribution in [3.63, 3.8) is 0 Å². The Morgan fingerprint density at radius 2 is 1.58 bits per heavy atom. The number of likely N-dealkylation sites (tertiary alicyclic amines) is 1. The van der Waals surface area contributed by atoms with Crippen molar-refractivity contribution in [2.24, 2.45) is 0 Å². The summed E-state index contributed by atoms with van der Waals surface area (Å²) in [5, 5.41) is 0. The summed E-state index contributed by atoms with van der Waals surface area (Å²) in [5.41, 5.74) is 1.47. The molecule has 2 aromatic carbocycles. The van der Waals surface area contributed by atoms with Gasteiger partial charge >= 0.3 is 0 Å². The van der Waals surface area contributed by atoms with Crippen molar-refractivity contribution in [3.05, 3.63) is 60.2 Å². The Morgan fingerprint density at radius 3 is 2.19 bits per heavy atom. The zero-order valence-corrected chi connectivity index (χ0v) is 15.8. The van der Waals surface area contributed by atoms with Gasteiger partial charge in [0.1, 0.15) is 0 Å². The highest BCUT2D eigenvalue weighted by Gasteiger charge is 2.21. The minimum atomic E-state index is -3.59. The van der Waals surface area contributed by atoms with Crippen LogP contribution in [0.2, 0.25) is 0 Å². The number of rotatable bonds is 5. The first kappa shape index (κ1) is 18.5.